The zero-order valence-corrected chi connectivity index (χ0v) is 11.4. The summed E-state index contributed by atoms with van der Waals surface area (Å²) in [4.78, 5) is 22.1. The Morgan fingerprint density at radius 1 is 0.846 bits per heavy atom. The average Bonchev–Trinajstić information content (AvgIpc) is 2.10. The van der Waals surface area contributed by atoms with Gasteiger partial charge in [0.25, 0.3) is 0 Å². The van der Waals surface area contributed by atoms with Crippen LogP contribution in [0.4, 0.5) is 0 Å². The molecule has 0 fully saturated rings. The Labute approximate surface area is 97.4 Å². The van der Waals surface area contributed by atoms with Crippen LogP contribution in [0.15, 0.2) is 0 Å². The van der Waals surface area contributed by atoms with Crippen molar-refractivity contribution in [2.24, 2.45) is 0 Å². The Hall–Kier alpha value is 0.139. The van der Waals surface area contributed by atoms with E-state index in [1.54, 1.807) is 0 Å². The molecule has 2 nitrogen and oxygen atoms in total. The second-order valence-electron chi connectivity index (χ2n) is 3.05. The largest absolute Gasteiger partial charge is 0.291 e. The van der Waals surface area contributed by atoms with E-state index < -0.39 is 0 Å². The molecule has 0 aliphatic rings. The van der Waals surface area contributed by atoms with E-state index in [0.717, 1.165) is 25.7 Å². The van der Waals surface area contributed by atoms with Gasteiger partial charge in [0, 0.05) is 36.7 Å². The molecular formula is C10H18O2Sn. The molecule has 0 rings (SSSR count). The Kier molecular flexibility index (Phi) is 12.3. The van der Waals surface area contributed by atoms with E-state index >= 15 is 0 Å². The molecule has 0 aromatic carbocycles. The number of hydrogen-bond acceptors (Lipinski definition) is 2. The summed E-state index contributed by atoms with van der Waals surface area (Å²) < 4.78 is 0. The average molecular weight is 289 g/mol. The predicted molar refractivity (Wildman–Crippen MR) is 54.8 cm³/mol. The molecule has 0 atom stereocenters. The van der Waals surface area contributed by atoms with Crippen molar-refractivity contribution in [3.8, 4) is 0 Å². The van der Waals surface area contributed by atoms with Crippen molar-refractivity contribution in [1.82, 2.24) is 0 Å². The number of hydrogen-bond donors (Lipinski definition) is 0. The molecule has 0 spiro atoms. The first-order valence-electron chi connectivity index (χ1n) is 4.78. The van der Waals surface area contributed by atoms with Crippen molar-refractivity contribution in [2.45, 2.75) is 52.4 Å². The van der Waals surface area contributed by atoms with Crippen LogP contribution in [-0.4, -0.2) is 35.5 Å². The van der Waals surface area contributed by atoms with Crippen LogP contribution in [0.25, 0.3) is 0 Å². The summed E-state index contributed by atoms with van der Waals surface area (Å²) in [6.45, 7) is 4.04. The molecule has 0 N–H and O–H groups in total. The van der Waals surface area contributed by atoms with Crippen molar-refractivity contribution < 1.29 is 9.59 Å². The zero-order chi connectivity index (χ0) is 9.40. The molecule has 0 aliphatic heterocycles. The summed E-state index contributed by atoms with van der Waals surface area (Å²) in [5.74, 6) is -0.351. The van der Waals surface area contributed by atoms with E-state index in [9.17, 15) is 9.59 Å². The van der Waals surface area contributed by atoms with Gasteiger partial charge in [0.1, 0.15) is 0 Å². The van der Waals surface area contributed by atoms with Crippen LogP contribution in [0.1, 0.15) is 52.4 Å². The Bertz CT molecular complexity index is 137. The third-order valence-electron chi connectivity index (χ3n) is 1.83. The predicted octanol–water partition coefficient (Wildman–Crippen LogP) is 2.12. The number of rotatable bonds is 7. The van der Waals surface area contributed by atoms with E-state index in [1.165, 1.54) is 0 Å². The van der Waals surface area contributed by atoms with Crippen molar-refractivity contribution in [3.63, 3.8) is 0 Å². The minimum absolute atomic E-state index is 0. The molecule has 0 saturated carbocycles. The van der Waals surface area contributed by atoms with E-state index in [0.29, 0.717) is 12.8 Å². The second-order valence-corrected chi connectivity index (χ2v) is 3.05. The van der Waals surface area contributed by atoms with Gasteiger partial charge < -0.3 is 0 Å². The van der Waals surface area contributed by atoms with Gasteiger partial charge in [0.05, 0.1) is 0 Å². The zero-order valence-electron chi connectivity index (χ0n) is 8.56. The normalized spacial score (nSPS) is 9.08. The van der Waals surface area contributed by atoms with E-state index in [-0.39, 0.29) is 35.5 Å². The maximum Gasteiger partial charge on any atom is 0.198 e. The maximum absolute atomic E-state index is 11.1. The molecule has 0 aromatic heterocycles. The number of unbranched alkanes of at least 4 members (excludes halogenated alkanes) is 2. The molecule has 3 heteroatoms. The molecule has 74 valence electrons. The van der Waals surface area contributed by atoms with Crippen LogP contribution >= 0.6 is 0 Å². The molecule has 0 aromatic rings. The molecule has 13 heavy (non-hydrogen) atoms. The van der Waals surface area contributed by atoms with Gasteiger partial charge in [-0.05, 0) is 12.8 Å². The Balaban J connectivity index is 0. The molecular weight excluding hydrogens is 271 g/mol. The van der Waals surface area contributed by atoms with Crippen molar-refractivity contribution in [2.75, 3.05) is 0 Å². The van der Waals surface area contributed by atoms with Gasteiger partial charge in [-0.1, -0.05) is 26.7 Å². The quantitative estimate of drug-likeness (QED) is 0.531. The minimum Gasteiger partial charge on any atom is -0.291 e. The third kappa shape index (κ3) is 8.47. The van der Waals surface area contributed by atoms with E-state index in [4.69, 9.17) is 0 Å². The van der Waals surface area contributed by atoms with Crippen LogP contribution < -0.4 is 0 Å². The molecule has 0 aliphatic carbocycles. The van der Waals surface area contributed by atoms with Crippen LogP contribution in [0.2, 0.25) is 0 Å². The molecule has 0 unspecified atom stereocenters. The van der Waals surface area contributed by atoms with Crippen molar-refractivity contribution >= 4 is 35.5 Å². The molecule has 0 amide bonds. The van der Waals surface area contributed by atoms with Crippen LogP contribution in [0.5, 0.6) is 0 Å². The molecule has 0 heterocycles. The maximum atomic E-state index is 11.1. The van der Waals surface area contributed by atoms with Crippen molar-refractivity contribution in [3.05, 3.63) is 0 Å². The molecule has 0 saturated heterocycles. The first kappa shape index (κ1) is 15.6. The van der Waals surface area contributed by atoms with Crippen LogP contribution in [0.3, 0.4) is 0 Å². The SMILES string of the molecule is CCCCC(=O)C(=O)CCCC.[Sn]. The number of carbonyl (C=O) groups is 2. The fraction of sp³-hybridized carbons (Fsp3) is 0.800. The second kappa shape index (κ2) is 10.2. The van der Waals surface area contributed by atoms with Crippen LogP contribution in [0, 0.1) is 0 Å². The van der Waals surface area contributed by atoms with Gasteiger partial charge in [-0.3, -0.25) is 9.59 Å². The van der Waals surface area contributed by atoms with Gasteiger partial charge in [-0.25, -0.2) is 0 Å². The topological polar surface area (TPSA) is 34.1 Å². The number of carbonyl (C=O) groups excluding carboxylic acids is 2. The van der Waals surface area contributed by atoms with Crippen LogP contribution in [-0.2, 0) is 9.59 Å². The summed E-state index contributed by atoms with van der Waals surface area (Å²) >= 11 is 0. The van der Waals surface area contributed by atoms with E-state index in [2.05, 4.69) is 0 Å². The number of ketones is 2. The van der Waals surface area contributed by atoms with Crippen molar-refractivity contribution in [1.29, 1.82) is 0 Å². The third-order valence-corrected chi connectivity index (χ3v) is 1.83. The summed E-state index contributed by atoms with van der Waals surface area (Å²) in [5.41, 5.74) is 0. The Morgan fingerprint density at radius 3 is 1.38 bits per heavy atom. The monoisotopic (exact) mass is 290 g/mol. The van der Waals surface area contributed by atoms with Gasteiger partial charge in [-0.15, -0.1) is 0 Å². The first-order chi connectivity index (χ1) is 5.72. The summed E-state index contributed by atoms with van der Waals surface area (Å²) in [6.07, 6.45) is 4.53. The van der Waals surface area contributed by atoms with Gasteiger partial charge in [-0.2, -0.15) is 0 Å². The first-order valence-corrected chi connectivity index (χ1v) is 4.78. The summed E-state index contributed by atoms with van der Waals surface area (Å²) in [6, 6.07) is 0. The molecule has 0 bridgehead atoms. The summed E-state index contributed by atoms with van der Waals surface area (Å²) in [7, 11) is 0. The Morgan fingerprint density at radius 2 is 1.15 bits per heavy atom. The standard InChI is InChI=1S/C10H18O2.Sn/c1-3-5-7-9(11)10(12)8-6-4-2;/h3-8H2,1-2H3;. The fourth-order valence-electron chi connectivity index (χ4n) is 0.954. The number of Topliss-reactive ketones (excluding diaryl/α,β-unsaturated/α-hetero) is 2. The minimum atomic E-state index is -0.176. The van der Waals surface area contributed by atoms with E-state index in [1.807, 2.05) is 13.8 Å². The molecule has 4 radical (unpaired) electrons. The smallest absolute Gasteiger partial charge is 0.198 e. The van der Waals surface area contributed by atoms with Gasteiger partial charge in [0.15, 0.2) is 11.6 Å². The summed E-state index contributed by atoms with van der Waals surface area (Å²) in [5, 5.41) is 0. The fourth-order valence-corrected chi connectivity index (χ4v) is 0.954. The van der Waals surface area contributed by atoms with Gasteiger partial charge >= 0.3 is 0 Å². The van der Waals surface area contributed by atoms with Gasteiger partial charge in [0.2, 0.25) is 0 Å².